The molecule has 328 valence electrons. The minimum Gasteiger partial charge on any atom is -0.391 e. The molecule has 7 atom stereocenters. The highest BCUT2D eigenvalue weighted by Crippen LogP contribution is 2.35. The van der Waals surface area contributed by atoms with Gasteiger partial charge in [0.05, 0.1) is 19.3 Å². The summed E-state index contributed by atoms with van der Waals surface area (Å²) in [5, 5.41) is 22.7. The number of guanidine groups is 1. The van der Waals surface area contributed by atoms with Crippen LogP contribution in [0.4, 0.5) is 0 Å². The van der Waals surface area contributed by atoms with Gasteiger partial charge < -0.3 is 68.5 Å². The quantitative estimate of drug-likeness (QED) is 0.0211. The van der Waals surface area contributed by atoms with Gasteiger partial charge in [-0.2, -0.15) is 0 Å². The Kier molecular flexibility index (Phi) is 19.4. The van der Waals surface area contributed by atoms with E-state index in [-0.39, 0.29) is 70.0 Å². The first-order valence-electron chi connectivity index (χ1n) is 18.8. The SMILES string of the molecule is CC(=O)N[C@@H](CCCN=C(N)N)C(=O)N[C@H](C(=O)N1CCC[C@H]1C(=O)N[C@@H](COP(=O)(O)O)C(=O)N[C@@H](CC(C)C)C(=O)N1CCC[C@H]1C(=O)NCC(N)=O)[C@@H](C)O. The molecule has 0 aromatic carbocycles. The van der Waals surface area contributed by atoms with E-state index in [4.69, 9.17) is 17.2 Å². The fraction of sp³-hybridized carbons (Fsp3) is 0.727. The van der Waals surface area contributed by atoms with Crippen LogP contribution >= 0.6 is 7.82 Å². The van der Waals surface area contributed by atoms with Gasteiger partial charge in [0, 0.05) is 26.6 Å². The Balaban J connectivity index is 2.29. The Morgan fingerprint density at radius 3 is 1.90 bits per heavy atom. The summed E-state index contributed by atoms with van der Waals surface area (Å²) in [5.74, 6) is -6.73. The van der Waals surface area contributed by atoms with E-state index in [1.807, 2.05) is 0 Å². The molecule has 58 heavy (non-hydrogen) atoms. The molecule has 0 saturated carbocycles. The van der Waals surface area contributed by atoms with E-state index in [1.54, 1.807) is 13.8 Å². The minimum absolute atomic E-state index is 0.0194. The molecule has 8 amide bonds. The van der Waals surface area contributed by atoms with Gasteiger partial charge in [0.1, 0.15) is 36.3 Å². The lowest BCUT2D eigenvalue weighted by Crippen LogP contribution is -2.61. The number of carbonyl (C=O) groups excluding carboxylic acids is 8. The summed E-state index contributed by atoms with van der Waals surface area (Å²) in [7, 11) is -5.21. The molecule has 2 fully saturated rings. The maximum atomic E-state index is 13.8. The molecule has 0 aromatic heterocycles. The molecule has 2 aliphatic rings. The molecule has 14 N–H and O–H groups in total. The van der Waals surface area contributed by atoms with Gasteiger partial charge in [0.25, 0.3) is 0 Å². The molecule has 2 rings (SSSR count). The Morgan fingerprint density at radius 1 is 0.810 bits per heavy atom. The summed E-state index contributed by atoms with van der Waals surface area (Å²) in [4.78, 5) is 129. The van der Waals surface area contributed by atoms with Crippen LogP contribution in [0, 0.1) is 5.92 Å². The number of rotatable bonds is 22. The van der Waals surface area contributed by atoms with Crippen LogP contribution in [0.5, 0.6) is 0 Å². The van der Waals surface area contributed by atoms with Crippen molar-refractivity contribution >= 4 is 61.0 Å². The number of aliphatic imine (C=N–C) groups is 1. The van der Waals surface area contributed by atoms with Crippen molar-refractivity contribution in [3.8, 4) is 0 Å². The second-order valence-corrected chi connectivity index (χ2v) is 15.8. The lowest BCUT2D eigenvalue weighted by atomic mass is 10.0. The fourth-order valence-corrected chi connectivity index (χ4v) is 6.87. The number of aliphatic hydroxyl groups is 1. The normalized spacial score (nSPS) is 19.2. The first kappa shape index (κ1) is 49.2. The van der Waals surface area contributed by atoms with Crippen molar-refractivity contribution in [2.24, 2.45) is 28.1 Å². The minimum atomic E-state index is -5.21. The molecule has 0 unspecified atom stereocenters. The number of amides is 8. The average Bonchev–Trinajstić information content (AvgIpc) is 3.81. The molecule has 0 bridgehead atoms. The molecule has 2 saturated heterocycles. The average molecular weight is 848 g/mol. The summed E-state index contributed by atoms with van der Waals surface area (Å²) in [6, 6.07) is -8.10. The fourth-order valence-electron chi connectivity index (χ4n) is 6.52. The van der Waals surface area contributed by atoms with E-state index < -0.39 is 111 Å². The zero-order valence-electron chi connectivity index (χ0n) is 33.0. The number of nitrogens with zero attached hydrogens (tertiary/aromatic N) is 3. The molecule has 25 heteroatoms. The third kappa shape index (κ3) is 16.2. The van der Waals surface area contributed by atoms with Crippen LogP contribution < -0.4 is 43.8 Å². The molecule has 0 aliphatic carbocycles. The predicted octanol–water partition coefficient (Wildman–Crippen LogP) is -4.88. The zero-order chi connectivity index (χ0) is 43.9. The van der Waals surface area contributed by atoms with Crippen molar-refractivity contribution in [3.05, 3.63) is 0 Å². The summed E-state index contributed by atoms with van der Waals surface area (Å²) in [6.07, 6.45) is -0.0962. The number of phosphoric ester groups is 1. The van der Waals surface area contributed by atoms with Crippen LogP contribution in [0.3, 0.4) is 0 Å². The number of hydrogen-bond acceptors (Lipinski definition) is 12. The summed E-state index contributed by atoms with van der Waals surface area (Å²) >= 11 is 0. The van der Waals surface area contributed by atoms with Crippen molar-refractivity contribution < 1.29 is 62.3 Å². The molecule has 24 nitrogen and oxygen atoms in total. The van der Waals surface area contributed by atoms with E-state index in [2.05, 4.69) is 36.1 Å². The van der Waals surface area contributed by atoms with E-state index in [0.29, 0.717) is 6.42 Å². The van der Waals surface area contributed by atoms with Gasteiger partial charge in [-0.15, -0.1) is 0 Å². The molecular weight excluding hydrogens is 789 g/mol. The number of nitrogens with two attached hydrogens (primary N) is 3. The topological polar surface area (TPSA) is 381 Å². The van der Waals surface area contributed by atoms with E-state index in [0.717, 1.165) is 4.90 Å². The number of phosphoric acid groups is 1. The third-order valence-corrected chi connectivity index (χ3v) is 9.65. The smallest absolute Gasteiger partial charge is 0.391 e. The Bertz CT molecular complexity index is 1590. The molecule has 0 radical (unpaired) electrons. The van der Waals surface area contributed by atoms with Gasteiger partial charge in [0.15, 0.2) is 5.96 Å². The van der Waals surface area contributed by atoms with Crippen molar-refractivity contribution in [3.63, 3.8) is 0 Å². The molecular formula is C33H58N11O13P. The monoisotopic (exact) mass is 847 g/mol. The highest BCUT2D eigenvalue weighted by molar-refractivity contribution is 7.46. The van der Waals surface area contributed by atoms with Crippen LogP contribution in [0.1, 0.15) is 72.6 Å². The summed E-state index contributed by atoms with van der Waals surface area (Å²) < 4.78 is 16.2. The number of primary amides is 1. The van der Waals surface area contributed by atoms with Gasteiger partial charge in [-0.1, -0.05) is 13.8 Å². The molecule has 0 spiro atoms. The van der Waals surface area contributed by atoms with Crippen molar-refractivity contribution in [2.75, 3.05) is 32.8 Å². The second kappa shape index (κ2) is 22.9. The zero-order valence-corrected chi connectivity index (χ0v) is 33.9. The van der Waals surface area contributed by atoms with Crippen LogP contribution in [0.15, 0.2) is 4.99 Å². The number of carbonyl (C=O) groups is 8. The largest absolute Gasteiger partial charge is 0.469 e. The van der Waals surface area contributed by atoms with Gasteiger partial charge in [-0.05, 0) is 57.8 Å². The first-order chi connectivity index (χ1) is 27.0. The maximum Gasteiger partial charge on any atom is 0.469 e. The van der Waals surface area contributed by atoms with Crippen LogP contribution in [0.2, 0.25) is 0 Å². The number of nitrogens with one attached hydrogen (secondary N) is 5. The maximum absolute atomic E-state index is 13.8. The van der Waals surface area contributed by atoms with Gasteiger partial charge in [-0.25, -0.2) is 4.57 Å². The lowest BCUT2D eigenvalue weighted by molar-refractivity contribution is -0.145. The molecule has 2 heterocycles. The van der Waals surface area contributed by atoms with Gasteiger partial charge in [-0.3, -0.25) is 47.9 Å². The van der Waals surface area contributed by atoms with Gasteiger partial charge >= 0.3 is 7.82 Å². The van der Waals surface area contributed by atoms with Crippen LogP contribution in [0.25, 0.3) is 0 Å². The summed E-state index contributed by atoms with van der Waals surface area (Å²) in [6.45, 7) is 4.67. The Morgan fingerprint density at radius 2 is 1.38 bits per heavy atom. The Hall–Kier alpha value is -4.90. The predicted molar refractivity (Wildman–Crippen MR) is 204 cm³/mol. The first-order valence-corrected chi connectivity index (χ1v) is 20.3. The molecule has 0 aromatic rings. The summed E-state index contributed by atoms with van der Waals surface area (Å²) in [5.41, 5.74) is 15.8. The third-order valence-electron chi connectivity index (χ3n) is 9.16. The number of likely N-dealkylation sites (tertiary alicyclic amines) is 2. The highest BCUT2D eigenvalue weighted by Gasteiger charge is 2.42. The number of aliphatic hydroxyl groups excluding tert-OH is 1. The van der Waals surface area contributed by atoms with Crippen LogP contribution in [-0.2, 0) is 47.4 Å². The second-order valence-electron chi connectivity index (χ2n) is 14.5. The van der Waals surface area contributed by atoms with Crippen LogP contribution in [-0.4, -0.2) is 153 Å². The van der Waals surface area contributed by atoms with Crippen molar-refractivity contribution in [1.82, 2.24) is 36.4 Å². The van der Waals surface area contributed by atoms with E-state index in [1.165, 1.54) is 18.7 Å². The Labute approximate surface area is 335 Å². The van der Waals surface area contributed by atoms with Gasteiger partial charge in [0.2, 0.25) is 47.3 Å². The standard InChI is InChI=1S/C33H58N11O13P/c1-17(2)14-21(31(52)43-12-6-9-23(43)29(50)38-15-25(34)47)40-28(49)22(16-57-58(54,55)56)41-30(51)24-10-7-13-44(24)32(53)26(18(3)45)42-27(48)20(39-19(4)46)8-5-11-37-33(35)36/h17-18,20-24,26,45H,5-16H2,1-4H3,(H2,34,47)(H,38,50)(H,39,46)(H,40,49)(H,41,51)(H,42,48)(H4,35,36,37)(H2,54,55,56)/t18-,20+,21+,22+,23+,24+,26+/m1/s1. The molecule has 2 aliphatic heterocycles. The number of hydrogen-bond donors (Lipinski definition) is 11. The van der Waals surface area contributed by atoms with Crippen molar-refractivity contribution in [2.45, 2.75) is 115 Å². The van der Waals surface area contributed by atoms with E-state index >= 15 is 0 Å². The lowest BCUT2D eigenvalue weighted by Gasteiger charge is -2.32. The van der Waals surface area contributed by atoms with E-state index in [9.17, 15) is 57.8 Å². The highest BCUT2D eigenvalue weighted by atomic mass is 31.2. The van der Waals surface area contributed by atoms with Crippen molar-refractivity contribution in [1.29, 1.82) is 0 Å².